The van der Waals surface area contributed by atoms with Crippen molar-refractivity contribution in [2.24, 2.45) is 5.73 Å². The molecule has 0 amide bonds. The summed E-state index contributed by atoms with van der Waals surface area (Å²) in [5, 5.41) is 6.52. The Bertz CT molecular complexity index is 146. The average Bonchev–Trinajstić information content (AvgIpc) is 2.27. The number of hydrogen-bond donors (Lipinski definition) is 3. The number of nitrogens with one attached hydrogen (secondary N) is 2. The van der Waals surface area contributed by atoms with E-state index in [1.807, 2.05) is 6.92 Å². The molecule has 0 saturated carbocycles. The zero-order valence-electron chi connectivity index (χ0n) is 10.8. The summed E-state index contributed by atoms with van der Waals surface area (Å²) in [7, 11) is 2.14. The van der Waals surface area contributed by atoms with Crippen molar-refractivity contribution in [3.05, 3.63) is 0 Å². The van der Waals surface area contributed by atoms with Gasteiger partial charge in [-0.3, -0.25) is 0 Å². The molecule has 0 aliphatic rings. The molecule has 0 aromatic rings. The van der Waals surface area contributed by atoms with Crippen LogP contribution in [0.4, 0.5) is 0 Å². The average molecular weight is 249 g/mol. The van der Waals surface area contributed by atoms with Gasteiger partial charge in [-0.2, -0.15) is 0 Å². The Hall–Kier alpha value is 0.0169. The van der Waals surface area contributed by atoms with Gasteiger partial charge in [-0.05, 0) is 25.9 Å². The van der Waals surface area contributed by atoms with Gasteiger partial charge in [0, 0.05) is 27.3 Å². The van der Waals surface area contributed by atoms with Gasteiger partial charge in [-0.15, -0.1) is 0 Å². The second-order valence-electron chi connectivity index (χ2n) is 3.89. The summed E-state index contributed by atoms with van der Waals surface area (Å²) in [6.45, 7) is 4.89. The van der Waals surface area contributed by atoms with Crippen molar-refractivity contribution >= 4 is 9.28 Å². The second kappa shape index (κ2) is 11.5. The van der Waals surface area contributed by atoms with Crippen molar-refractivity contribution in [3.8, 4) is 0 Å². The minimum atomic E-state index is -1.33. The highest BCUT2D eigenvalue weighted by molar-refractivity contribution is 6.44. The third-order valence-electron chi connectivity index (χ3n) is 2.34. The molecule has 5 nitrogen and oxygen atoms in total. The van der Waals surface area contributed by atoms with E-state index in [1.165, 1.54) is 12.8 Å². The fourth-order valence-corrected chi connectivity index (χ4v) is 2.69. The van der Waals surface area contributed by atoms with Crippen molar-refractivity contribution in [1.29, 1.82) is 0 Å². The first-order chi connectivity index (χ1) is 7.70. The van der Waals surface area contributed by atoms with Crippen LogP contribution in [0.5, 0.6) is 0 Å². The summed E-state index contributed by atoms with van der Waals surface area (Å²) in [6, 6.07) is 1.09. The number of unbranched alkanes of at least 4 members (excludes halogenated alkanes) is 1. The van der Waals surface area contributed by atoms with E-state index < -0.39 is 9.28 Å². The van der Waals surface area contributed by atoms with Gasteiger partial charge in [-0.25, -0.2) is 0 Å². The molecule has 0 aliphatic heterocycles. The molecule has 0 spiro atoms. The first-order valence-electron chi connectivity index (χ1n) is 5.96. The molecule has 0 aromatic carbocycles. The maximum Gasteiger partial charge on any atom is 0.320 e. The van der Waals surface area contributed by atoms with Crippen molar-refractivity contribution in [1.82, 2.24) is 10.6 Å². The quantitative estimate of drug-likeness (QED) is 0.268. The molecule has 1 atom stereocenters. The van der Waals surface area contributed by atoms with Crippen LogP contribution in [-0.4, -0.2) is 49.3 Å². The maximum absolute atomic E-state index is 5.56. The first-order valence-corrected chi connectivity index (χ1v) is 7.72. The molecule has 6 heteroatoms. The van der Waals surface area contributed by atoms with Gasteiger partial charge in [0.15, 0.2) is 0 Å². The van der Waals surface area contributed by atoms with Crippen LogP contribution in [0.1, 0.15) is 19.8 Å². The highest BCUT2D eigenvalue weighted by atomic mass is 28.3. The fourth-order valence-electron chi connectivity index (χ4n) is 1.41. The predicted octanol–water partition coefficient (Wildman–Crippen LogP) is -0.236. The minimum Gasteiger partial charge on any atom is -0.400 e. The van der Waals surface area contributed by atoms with Gasteiger partial charge in [0.25, 0.3) is 0 Å². The van der Waals surface area contributed by atoms with Crippen LogP contribution in [0.25, 0.3) is 0 Å². The Balaban J connectivity index is 3.09. The Morgan fingerprint density at radius 1 is 1.12 bits per heavy atom. The Morgan fingerprint density at radius 3 is 2.38 bits per heavy atom. The van der Waals surface area contributed by atoms with E-state index in [1.54, 1.807) is 14.2 Å². The van der Waals surface area contributed by atoms with Crippen molar-refractivity contribution in [2.45, 2.75) is 32.0 Å². The lowest BCUT2D eigenvalue weighted by Gasteiger charge is -2.11. The van der Waals surface area contributed by atoms with Gasteiger partial charge >= 0.3 is 9.28 Å². The summed E-state index contributed by atoms with van der Waals surface area (Å²) in [5.41, 5.74) is 5.56. The monoisotopic (exact) mass is 249 g/mol. The molecule has 0 heterocycles. The molecule has 0 aliphatic carbocycles. The van der Waals surface area contributed by atoms with Crippen LogP contribution < -0.4 is 16.4 Å². The Kier molecular flexibility index (Phi) is 11.5. The summed E-state index contributed by atoms with van der Waals surface area (Å²) < 4.78 is 10.5. The topological polar surface area (TPSA) is 68.5 Å². The molecular formula is C10H27N3O2Si. The van der Waals surface area contributed by atoms with Crippen molar-refractivity contribution in [3.63, 3.8) is 0 Å². The summed E-state index contributed by atoms with van der Waals surface area (Å²) >= 11 is 0. The van der Waals surface area contributed by atoms with E-state index in [9.17, 15) is 0 Å². The molecule has 0 aromatic heterocycles. The van der Waals surface area contributed by atoms with E-state index in [4.69, 9.17) is 14.6 Å². The molecular weight excluding hydrogens is 222 g/mol. The highest BCUT2D eigenvalue weighted by Crippen LogP contribution is 2.01. The minimum absolute atomic E-state index is 0.0805. The summed E-state index contributed by atoms with van der Waals surface area (Å²) in [4.78, 5) is 0. The van der Waals surface area contributed by atoms with E-state index in [0.29, 0.717) is 0 Å². The van der Waals surface area contributed by atoms with Gasteiger partial charge < -0.3 is 25.2 Å². The van der Waals surface area contributed by atoms with Gasteiger partial charge in [-0.1, -0.05) is 6.42 Å². The van der Waals surface area contributed by atoms with E-state index in [0.717, 1.165) is 25.7 Å². The van der Waals surface area contributed by atoms with Crippen LogP contribution in [0, 0.1) is 0 Å². The molecule has 0 radical (unpaired) electrons. The van der Waals surface area contributed by atoms with E-state index in [-0.39, 0.29) is 6.17 Å². The number of nitrogens with two attached hydrogens (primary N) is 1. The van der Waals surface area contributed by atoms with Gasteiger partial charge in [0.05, 0.1) is 6.17 Å². The summed E-state index contributed by atoms with van der Waals surface area (Å²) in [6.07, 6.45) is 2.43. The second-order valence-corrected chi connectivity index (χ2v) is 6.27. The highest BCUT2D eigenvalue weighted by Gasteiger charge is 2.07. The summed E-state index contributed by atoms with van der Waals surface area (Å²) in [5.74, 6) is 0. The molecule has 0 rings (SSSR count). The zero-order valence-corrected chi connectivity index (χ0v) is 11.9. The fraction of sp³-hybridized carbons (Fsp3) is 1.00. The molecule has 0 fully saturated rings. The SMILES string of the molecule is CO[SiH](CCCCNCCNC(C)N)OC. The molecule has 0 saturated heterocycles. The van der Waals surface area contributed by atoms with E-state index in [2.05, 4.69) is 10.6 Å². The number of hydrogen-bond acceptors (Lipinski definition) is 5. The van der Waals surface area contributed by atoms with Crippen LogP contribution in [0.2, 0.25) is 6.04 Å². The first kappa shape index (κ1) is 16.0. The van der Waals surface area contributed by atoms with Crippen molar-refractivity contribution < 1.29 is 8.85 Å². The molecule has 16 heavy (non-hydrogen) atoms. The Labute approximate surface area is 101 Å². The molecule has 4 N–H and O–H groups in total. The van der Waals surface area contributed by atoms with Crippen LogP contribution in [0.3, 0.4) is 0 Å². The number of rotatable bonds is 11. The predicted molar refractivity (Wildman–Crippen MR) is 69.7 cm³/mol. The largest absolute Gasteiger partial charge is 0.400 e. The van der Waals surface area contributed by atoms with Gasteiger partial charge in [0.2, 0.25) is 0 Å². The van der Waals surface area contributed by atoms with Gasteiger partial charge in [0.1, 0.15) is 0 Å². The Morgan fingerprint density at radius 2 is 1.81 bits per heavy atom. The lowest BCUT2D eigenvalue weighted by atomic mass is 10.3. The standard InChI is InChI=1S/C10H27N3O2Si/c1-10(11)13-8-7-12-6-4-5-9-16(14-2)15-3/h10,12-13,16H,4-9,11H2,1-3H3. The van der Waals surface area contributed by atoms with Crippen molar-refractivity contribution in [2.75, 3.05) is 33.9 Å². The lowest BCUT2D eigenvalue weighted by molar-refractivity contribution is 0.276. The third-order valence-corrected chi connectivity index (χ3v) is 4.27. The molecule has 0 bridgehead atoms. The smallest absolute Gasteiger partial charge is 0.320 e. The molecule has 1 unspecified atom stereocenters. The normalized spacial score (nSPS) is 13.3. The third kappa shape index (κ3) is 10.5. The zero-order chi connectivity index (χ0) is 12.2. The van der Waals surface area contributed by atoms with E-state index >= 15 is 0 Å². The lowest BCUT2D eigenvalue weighted by Crippen LogP contribution is -2.38. The molecule has 98 valence electrons. The van der Waals surface area contributed by atoms with Crippen LogP contribution in [0.15, 0.2) is 0 Å². The van der Waals surface area contributed by atoms with Crippen LogP contribution in [-0.2, 0) is 8.85 Å². The maximum atomic E-state index is 5.56. The van der Waals surface area contributed by atoms with Crippen LogP contribution >= 0.6 is 0 Å².